The van der Waals surface area contributed by atoms with Gasteiger partial charge in [-0.3, -0.25) is 4.79 Å². The lowest BCUT2D eigenvalue weighted by Crippen LogP contribution is -2.27. The molecule has 0 unspecified atom stereocenters. The zero-order valence-corrected chi connectivity index (χ0v) is 23.2. The molecule has 0 fully saturated rings. The molecule has 214 valence electrons. The molecule has 0 bridgehead atoms. The fourth-order valence-corrected chi connectivity index (χ4v) is 4.54. The summed E-state index contributed by atoms with van der Waals surface area (Å²) in [5.41, 5.74) is 4.81. The highest BCUT2D eigenvalue weighted by atomic mass is 16.6. The molecule has 0 aromatic heterocycles. The van der Waals surface area contributed by atoms with Crippen molar-refractivity contribution in [2.24, 2.45) is 0 Å². The molecule has 0 saturated carbocycles. The molecule has 39 heavy (non-hydrogen) atoms. The molecule has 2 aromatic rings. The van der Waals surface area contributed by atoms with E-state index in [2.05, 4.69) is 36.5 Å². The highest BCUT2D eigenvalue weighted by Gasteiger charge is 2.28. The number of hydrogen-bond acceptors (Lipinski definition) is 7. The maximum absolute atomic E-state index is 12.2. The van der Waals surface area contributed by atoms with Crippen LogP contribution in [0.25, 0.3) is 11.1 Å². The van der Waals surface area contributed by atoms with Crippen LogP contribution >= 0.6 is 0 Å². The van der Waals surface area contributed by atoms with Crippen LogP contribution in [0, 0.1) is 0 Å². The summed E-state index contributed by atoms with van der Waals surface area (Å²) in [5.74, 6) is -0.101. The van der Waals surface area contributed by atoms with E-state index >= 15 is 0 Å². The Morgan fingerprint density at radius 2 is 1.28 bits per heavy atom. The quantitative estimate of drug-likeness (QED) is 0.175. The van der Waals surface area contributed by atoms with Gasteiger partial charge in [-0.15, -0.1) is 0 Å². The highest BCUT2D eigenvalue weighted by Crippen LogP contribution is 2.44. The average molecular weight is 542 g/mol. The van der Waals surface area contributed by atoms with Gasteiger partial charge in [0.05, 0.1) is 33.0 Å². The molecule has 8 heteroatoms. The van der Waals surface area contributed by atoms with Gasteiger partial charge in [-0.2, -0.15) is 0 Å². The summed E-state index contributed by atoms with van der Waals surface area (Å²) in [5, 5.41) is 2.79. The van der Waals surface area contributed by atoms with Crippen LogP contribution < -0.4 is 5.32 Å². The predicted octanol–water partition coefficient (Wildman–Crippen LogP) is 5.48. The van der Waals surface area contributed by atoms with Gasteiger partial charge in [0, 0.05) is 25.5 Å². The van der Waals surface area contributed by atoms with Gasteiger partial charge in [-0.25, -0.2) is 4.79 Å². The van der Waals surface area contributed by atoms with Crippen molar-refractivity contribution in [1.29, 1.82) is 0 Å². The Kier molecular flexibility index (Phi) is 14.4. The summed E-state index contributed by atoms with van der Waals surface area (Å²) >= 11 is 0. The van der Waals surface area contributed by atoms with Crippen molar-refractivity contribution >= 4 is 12.1 Å². The van der Waals surface area contributed by atoms with Crippen LogP contribution in [0.15, 0.2) is 48.5 Å². The van der Waals surface area contributed by atoms with Crippen molar-refractivity contribution in [1.82, 2.24) is 5.32 Å². The first kappa shape index (κ1) is 30.6. The van der Waals surface area contributed by atoms with E-state index in [1.54, 1.807) is 0 Å². The topological polar surface area (TPSA) is 92.3 Å². The number of amides is 1. The summed E-state index contributed by atoms with van der Waals surface area (Å²) in [6, 6.07) is 16.6. The molecule has 0 atom stereocenters. The monoisotopic (exact) mass is 541 g/mol. The van der Waals surface area contributed by atoms with E-state index < -0.39 is 6.09 Å². The molecule has 0 spiro atoms. The minimum atomic E-state index is -0.415. The Balaban J connectivity index is 1.11. The largest absolute Gasteiger partial charge is 0.463 e. The lowest BCUT2D eigenvalue weighted by molar-refractivity contribution is -0.145. The van der Waals surface area contributed by atoms with Crippen molar-refractivity contribution in [2.75, 3.05) is 59.4 Å². The molecular formula is C31H43NO7. The summed E-state index contributed by atoms with van der Waals surface area (Å²) < 4.78 is 27.1. The fraction of sp³-hybridized carbons (Fsp3) is 0.548. The average Bonchev–Trinajstić information content (AvgIpc) is 3.28. The summed E-state index contributed by atoms with van der Waals surface area (Å²) in [6.45, 7) is 5.94. The SMILES string of the molecule is CCCCCCC(=O)OCCOCCOCCOCCCNC(=O)OCC1c2ccccc2-c2ccccc21. The number of hydrogen-bond donors (Lipinski definition) is 1. The van der Waals surface area contributed by atoms with Gasteiger partial charge in [0.2, 0.25) is 0 Å². The van der Waals surface area contributed by atoms with Crippen LogP contribution in [0.3, 0.4) is 0 Å². The number of benzene rings is 2. The zero-order chi connectivity index (χ0) is 27.5. The predicted molar refractivity (Wildman–Crippen MR) is 150 cm³/mol. The van der Waals surface area contributed by atoms with E-state index in [9.17, 15) is 9.59 Å². The van der Waals surface area contributed by atoms with Crippen molar-refractivity contribution in [2.45, 2.75) is 51.4 Å². The van der Waals surface area contributed by atoms with E-state index in [1.807, 2.05) is 24.3 Å². The number of carbonyl (C=O) groups excluding carboxylic acids is 2. The first-order chi connectivity index (χ1) is 19.2. The van der Waals surface area contributed by atoms with Crippen LogP contribution in [0.4, 0.5) is 4.79 Å². The molecule has 1 amide bonds. The molecule has 3 rings (SSSR count). The Hall–Kier alpha value is -2.94. The minimum Gasteiger partial charge on any atom is -0.463 e. The van der Waals surface area contributed by atoms with Crippen LogP contribution in [-0.2, 0) is 28.5 Å². The maximum Gasteiger partial charge on any atom is 0.407 e. The molecule has 0 heterocycles. The third-order valence-electron chi connectivity index (χ3n) is 6.55. The van der Waals surface area contributed by atoms with Gasteiger partial charge in [0.25, 0.3) is 0 Å². The normalized spacial score (nSPS) is 12.1. The molecule has 2 aromatic carbocycles. The van der Waals surface area contributed by atoms with E-state index in [0.29, 0.717) is 65.6 Å². The van der Waals surface area contributed by atoms with E-state index in [0.717, 1.165) is 25.7 Å². The van der Waals surface area contributed by atoms with Gasteiger partial charge in [-0.05, 0) is 35.1 Å². The second-order valence-corrected chi connectivity index (χ2v) is 9.47. The molecule has 1 aliphatic rings. The van der Waals surface area contributed by atoms with Crippen molar-refractivity contribution in [3.63, 3.8) is 0 Å². The molecule has 8 nitrogen and oxygen atoms in total. The molecular weight excluding hydrogens is 498 g/mol. The van der Waals surface area contributed by atoms with Gasteiger partial charge in [0.1, 0.15) is 13.2 Å². The second kappa shape index (κ2) is 18.4. The standard InChI is InChI=1S/C31H43NO7/c1-2-3-4-5-15-30(33)38-23-22-37-21-20-36-19-18-35-17-10-16-32-31(34)39-24-29-27-13-8-6-11-25(27)26-12-7-9-14-28(26)29/h6-9,11-14,29H,2-5,10,15-24H2,1H3,(H,32,34). The lowest BCUT2D eigenvalue weighted by atomic mass is 9.98. The number of alkyl carbamates (subject to hydrolysis) is 1. The van der Waals surface area contributed by atoms with Crippen molar-refractivity contribution in [3.8, 4) is 11.1 Å². The number of carbonyl (C=O) groups is 2. The Bertz CT molecular complexity index is 951. The molecule has 1 aliphatic carbocycles. The van der Waals surface area contributed by atoms with Gasteiger partial charge < -0.3 is 29.0 Å². The summed E-state index contributed by atoms with van der Waals surface area (Å²) in [7, 11) is 0. The zero-order valence-electron chi connectivity index (χ0n) is 23.2. The molecule has 1 N–H and O–H groups in total. The van der Waals surface area contributed by atoms with Crippen LogP contribution in [0.5, 0.6) is 0 Å². The highest BCUT2D eigenvalue weighted by molar-refractivity contribution is 5.79. The Morgan fingerprint density at radius 1 is 0.692 bits per heavy atom. The Morgan fingerprint density at radius 3 is 1.92 bits per heavy atom. The van der Waals surface area contributed by atoms with Gasteiger partial charge in [0.15, 0.2) is 0 Å². The smallest absolute Gasteiger partial charge is 0.407 e. The summed E-state index contributed by atoms with van der Waals surface area (Å²) in [4.78, 5) is 23.7. The van der Waals surface area contributed by atoms with E-state index in [4.69, 9.17) is 23.7 Å². The third kappa shape index (κ3) is 11.0. The van der Waals surface area contributed by atoms with Gasteiger partial charge >= 0.3 is 12.1 Å². The number of nitrogens with one attached hydrogen (secondary N) is 1. The maximum atomic E-state index is 12.2. The van der Waals surface area contributed by atoms with Crippen LogP contribution in [0.2, 0.25) is 0 Å². The second-order valence-electron chi connectivity index (χ2n) is 9.47. The first-order valence-electron chi connectivity index (χ1n) is 14.2. The third-order valence-corrected chi connectivity index (χ3v) is 6.55. The summed E-state index contributed by atoms with van der Waals surface area (Å²) in [6.07, 6.45) is 5.02. The molecule has 0 radical (unpaired) electrons. The lowest BCUT2D eigenvalue weighted by Gasteiger charge is -2.14. The number of rotatable bonds is 20. The van der Waals surface area contributed by atoms with Gasteiger partial charge in [-0.1, -0.05) is 74.7 Å². The van der Waals surface area contributed by atoms with E-state index in [1.165, 1.54) is 22.3 Å². The number of esters is 1. The Labute approximate surface area is 232 Å². The van der Waals surface area contributed by atoms with E-state index in [-0.39, 0.29) is 18.5 Å². The van der Waals surface area contributed by atoms with Crippen molar-refractivity contribution in [3.05, 3.63) is 59.7 Å². The number of ether oxygens (including phenoxy) is 5. The first-order valence-corrected chi connectivity index (χ1v) is 14.2. The minimum absolute atomic E-state index is 0.0551. The number of unbranched alkanes of at least 4 members (excludes halogenated alkanes) is 3. The van der Waals surface area contributed by atoms with Crippen molar-refractivity contribution < 1.29 is 33.3 Å². The fourth-order valence-electron chi connectivity index (χ4n) is 4.54. The number of fused-ring (bicyclic) bond motifs is 3. The van der Waals surface area contributed by atoms with Crippen LogP contribution in [0.1, 0.15) is 62.5 Å². The van der Waals surface area contributed by atoms with Crippen LogP contribution in [-0.4, -0.2) is 71.5 Å². The molecule has 0 aliphatic heterocycles. The molecule has 0 saturated heterocycles.